The minimum atomic E-state index is -0.646. The van der Waals surface area contributed by atoms with Crippen molar-refractivity contribution in [3.8, 4) is 17.2 Å². The predicted molar refractivity (Wildman–Crippen MR) is 126 cm³/mol. The molecule has 1 amide bonds. The van der Waals surface area contributed by atoms with Gasteiger partial charge in [0.2, 0.25) is 0 Å². The van der Waals surface area contributed by atoms with Crippen LogP contribution >= 0.6 is 15.9 Å². The van der Waals surface area contributed by atoms with Crippen LogP contribution in [0, 0.1) is 10.1 Å². The Morgan fingerprint density at radius 3 is 2.35 bits per heavy atom. The average Bonchev–Trinajstić information content (AvgIpc) is 2.84. The zero-order chi connectivity index (χ0) is 24.5. The number of hydrazone groups is 1. The lowest BCUT2D eigenvalue weighted by Gasteiger charge is -2.08. The third-order valence-corrected chi connectivity index (χ3v) is 4.92. The minimum absolute atomic E-state index is 0.118. The maximum atomic E-state index is 12.2. The number of non-ortho nitro benzene ring substituents is 1. The van der Waals surface area contributed by atoms with Crippen LogP contribution in [0.2, 0.25) is 0 Å². The van der Waals surface area contributed by atoms with Gasteiger partial charge in [0.05, 0.1) is 28.3 Å². The molecule has 174 valence electrons. The van der Waals surface area contributed by atoms with Crippen molar-refractivity contribution in [1.29, 1.82) is 0 Å². The molecule has 0 aliphatic rings. The Labute approximate surface area is 202 Å². The van der Waals surface area contributed by atoms with Crippen molar-refractivity contribution in [2.75, 3.05) is 13.7 Å². The van der Waals surface area contributed by atoms with Crippen molar-refractivity contribution in [3.63, 3.8) is 0 Å². The number of hydrogen-bond donors (Lipinski definition) is 1. The number of methoxy groups -OCH3 is 1. The third-order valence-electron chi connectivity index (χ3n) is 4.31. The van der Waals surface area contributed by atoms with E-state index in [0.29, 0.717) is 21.5 Å². The second-order valence-electron chi connectivity index (χ2n) is 6.64. The van der Waals surface area contributed by atoms with Gasteiger partial charge in [0.25, 0.3) is 11.6 Å². The van der Waals surface area contributed by atoms with Crippen LogP contribution < -0.4 is 19.6 Å². The summed E-state index contributed by atoms with van der Waals surface area (Å²) in [4.78, 5) is 34.2. The first-order valence-electron chi connectivity index (χ1n) is 9.70. The molecule has 0 aliphatic heterocycles. The first kappa shape index (κ1) is 24.4. The Kier molecular flexibility index (Phi) is 8.30. The number of hydrogen-bond acceptors (Lipinski definition) is 8. The van der Waals surface area contributed by atoms with Gasteiger partial charge in [-0.15, -0.1) is 0 Å². The Hall–Kier alpha value is -4.25. The van der Waals surface area contributed by atoms with Gasteiger partial charge >= 0.3 is 5.97 Å². The molecule has 0 fully saturated rings. The molecule has 0 aliphatic carbocycles. The lowest BCUT2D eigenvalue weighted by Crippen LogP contribution is -2.24. The monoisotopic (exact) mass is 527 g/mol. The van der Waals surface area contributed by atoms with E-state index in [2.05, 4.69) is 26.5 Å². The molecule has 0 saturated heterocycles. The lowest BCUT2D eigenvalue weighted by molar-refractivity contribution is -0.384. The largest absolute Gasteiger partial charge is 0.497 e. The van der Waals surface area contributed by atoms with Gasteiger partial charge in [0, 0.05) is 12.1 Å². The molecule has 3 aromatic carbocycles. The van der Waals surface area contributed by atoms with E-state index < -0.39 is 16.8 Å². The van der Waals surface area contributed by atoms with Crippen LogP contribution in [-0.4, -0.2) is 36.7 Å². The van der Waals surface area contributed by atoms with E-state index in [1.54, 1.807) is 49.6 Å². The molecule has 0 saturated carbocycles. The zero-order valence-electron chi connectivity index (χ0n) is 17.8. The van der Waals surface area contributed by atoms with Gasteiger partial charge in [-0.3, -0.25) is 14.9 Å². The molecule has 0 aromatic heterocycles. The number of nitro groups is 1. The first-order chi connectivity index (χ1) is 16.4. The van der Waals surface area contributed by atoms with Gasteiger partial charge in [0.15, 0.2) is 6.61 Å². The standard InChI is InChI=1S/C23H18BrN3O7/c1-32-19-10-11-21(20(24)12-19)33-14-22(28)26-25-13-15-2-8-18(9-3-15)34-23(29)16-4-6-17(7-5-16)27(30)31/h2-13H,14H2,1H3,(H,26,28)/b25-13-. The van der Waals surface area contributed by atoms with Crippen molar-refractivity contribution in [1.82, 2.24) is 5.43 Å². The number of benzene rings is 3. The fourth-order valence-electron chi connectivity index (χ4n) is 2.59. The van der Waals surface area contributed by atoms with Gasteiger partial charge in [-0.1, -0.05) is 0 Å². The number of carbonyl (C=O) groups excluding carboxylic acids is 2. The molecule has 11 heteroatoms. The average molecular weight is 528 g/mol. The summed E-state index contributed by atoms with van der Waals surface area (Å²) in [6.45, 7) is -0.236. The minimum Gasteiger partial charge on any atom is -0.497 e. The van der Waals surface area contributed by atoms with Crippen molar-refractivity contribution < 1.29 is 28.7 Å². The van der Waals surface area contributed by atoms with Gasteiger partial charge in [0.1, 0.15) is 17.2 Å². The Morgan fingerprint density at radius 1 is 1.06 bits per heavy atom. The quantitative estimate of drug-likeness (QED) is 0.145. The number of nitrogens with one attached hydrogen (secondary N) is 1. The molecule has 0 spiro atoms. The number of nitrogens with zero attached hydrogens (tertiary/aromatic N) is 2. The number of esters is 1. The molecule has 0 atom stereocenters. The summed E-state index contributed by atoms with van der Waals surface area (Å²) in [5.74, 6) is 0.321. The van der Waals surface area contributed by atoms with Crippen LogP contribution in [0.3, 0.4) is 0 Å². The van der Waals surface area contributed by atoms with Crippen molar-refractivity contribution in [3.05, 3.63) is 92.4 Å². The van der Waals surface area contributed by atoms with E-state index >= 15 is 0 Å². The summed E-state index contributed by atoms with van der Waals surface area (Å²) in [5, 5.41) is 14.5. The van der Waals surface area contributed by atoms with E-state index in [4.69, 9.17) is 14.2 Å². The summed E-state index contributed by atoms with van der Waals surface area (Å²) >= 11 is 3.34. The molecule has 3 aromatic rings. The first-order valence-corrected chi connectivity index (χ1v) is 10.5. The van der Waals surface area contributed by atoms with Crippen LogP contribution in [0.1, 0.15) is 15.9 Å². The van der Waals surface area contributed by atoms with Crippen LogP contribution in [0.4, 0.5) is 5.69 Å². The highest BCUT2D eigenvalue weighted by Gasteiger charge is 2.11. The lowest BCUT2D eigenvalue weighted by atomic mass is 10.2. The Bertz CT molecular complexity index is 1210. The molecular formula is C23H18BrN3O7. The van der Waals surface area contributed by atoms with Gasteiger partial charge in [-0.25, -0.2) is 10.2 Å². The van der Waals surface area contributed by atoms with Crippen molar-refractivity contribution in [2.24, 2.45) is 5.10 Å². The zero-order valence-corrected chi connectivity index (χ0v) is 19.4. The number of halogens is 1. The third kappa shape index (κ3) is 6.87. The van der Waals surface area contributed by atoms with Crippen LogP contribution in [0.25, 0.3) is 0 Å². The smallest absolute Gasteiger partial charge is 0.343 e. The van der Waals surface area contributed by atoms with Crippen molar-refractivity contribution >= 4 is 39.7 Å². The highest BCUT2D eigenvalue weighted by molar-refractivity contribution is 9.10. The Morgan fingerprint density at radius 2 is 1.74 bits per heavy atom. The van der Waals surface area contributed by atoms with Gasteiger partial charge in [-0.05, 0) is 76.1 Å². The molecule has 0 bridgehead atoms. The summed E-state index contributed by atoms with van der Waals surface area (Å²) in [5.41, 5.74) is 3.07. The topological polar surface area (TPSA) is 129 Å². The van der Waals surface area contributed by atoms with E-state index in [9.17, 15) is 19.7 Å². The highest BCUT2D eigenvalue weighted by Crippen LogP contribution is 2.29. The van der Waals surface area contributed by atoms with E-state index in [1.165, 1.54) is 30.5 Å². The number of nitro benzene ring substituents is 1. The number of ether oxygens (including phenoxy) is 3. The molecular weight excluding hydrogens is 510 g/mol. The molecule has 1 N–H and O–H groups in total. The van der Waals surface area contributed by atoms with E-state index in [1.807, 2.05) is 0 Å². The second-order valence-corrected chi connectivity index (χ2v) is 7.50. The fourth-order valence-corrected chi connectivity index (χ4v) is 3.06. The Balaban J connectivity index is 1.47. The summed E-state index contributed by atoms with van der Waals surface area (Å²) in [7, 11) is 1.55. The van der Waals surface area contributed by atoms with E-state index in [-0.39, 0.29) is 23.6 Å². The molecule has 34 heavy (non-hydrogen) atoms. The number of carbonyl (C=O) groups is 2. The van der Waals surface area contributed by atoms with E-state index in [0.717, 1.165) is 0 Å². The highest BCUT2D eigenvalue weighted by atomic mass is 79.9. The normalized spacial score (nSPS) is 10.5. The number of amides is 1. The second kappa shape index (κ2) is 11.6. The van der Waals surface area contributed by atoms with Crippen LogP contribution in [0.5, 0.6) is 17.2 Å². The molecule has 3 rings (SSSR count). The van der Waals surface area contributed by atoms with Crippen LogP contribution in [-0.2, 0) is 4.79 Å². The van der Waals surface area contributed by atoms with Gasteiger partial charge < -0.3 is 14.2 Å². The molecule has 0 radical (unpaired) electrons. The molecule has 10 nitrogen and oxygen atoms in total. The summed E-state index contributed by atoms with van der Waals surface area (Å²) in [6.07, 6.45) is 1.42. The maximum absolute atomic E-state index is 12.2. The summed E-state index contributed by atoms with van der Waals surface area (Å²) in [6, 6.07) is 16.6. The van der Waals surface area contributed by atoms with Crippen LogP contribution in [0.15, 0.2) is 76.3 Å². The molecule has 0 heterocycles. The number of rotatable bonds is 9. The molecule has 0 unspecified atom stereocenters. The summed E-state index contributed by atoms with van der Waals surface area (Å²) < 4.78 is 16.4. The predicted octanol–water partition coefficient (Wildman–Crippen LogP) is 4.11. The van der Waals surface area contributed by atoms with Gasteiger partial charge in [-0.2, -0.15) is 5.10 Å². The SMILES string of the molecule is COc1ccc(OCC(=O)N/N=C\c2ccc(OC(=O)c3ccc([N+](=O)[O-])cc3)cc2)c(Br)c1. The fraction of sp³-hybridized carbons (Fsp3) is 0.0870. The van der Waals surface area contributed by atoms with Crippen molar-refractivity contribution in [2.45, 2.75) is 0 Å². The maximum Gasteiger partial charge on any atom is 0.343 e.